The quantitative estimate of drug-likeness (QED) is 0.113. The number of halogens is 4. The van der Waals surface area contributed by atoms with Gasteiger partial charge >= 0.3 is 12.1 Å². The van der Waals surface area contributed by atoms with E-state index in [0.29, 0.717) is 0 Å². The van der Waals surface area contributed by atoms with Crippen LogP contribution in [-0.2, 0) is 41.2 Å². The molecule has 17 heteroatoms. The van der Waals surface area contributed by atoms with E-state index in [-0.39, 0.29) is 55.5 Å². The highest BCUT2D eigenvalue weighted by Crippen LogP contribution is 2.37. The zero-order valence-corrected chi connectivity index (χ0v) is 27.3. The number of nitrogens with one attached hydrogen (secondary N) is 2. The molecule has 49 heavy (non-hydrogen) atoms. The molecule has 260 valence electrons. The van der Waals surface area contributed by atoms with E-state index in [9.17, 15) is 36.0 Å². The molecule has 0 bridgehead atoms. The van der Waals surface area contributed by atoms with Crippen LogP contribution in [0.25, 0.3) is 10.8 Å². The molecule has 0 saturated heterocycles. The molecule has 3 aromatic carbocycles. The van der Waals surface area contributed by atoms with Gasteiger partial charge in [-0.15, -0.1) is 0 Å². The Labute approximate surface area is 278 Å². The van der Waals surface area contributed by atoms with Crippen molar-refractivity contribution >= 4 is 55.6 Å². The summed E-state index contributed by atoms with van der Waals surface area (Å²) in [7, 11) is -1.56. The average Bonchev–Trinajstić information content (AvgIpc) is 3.03. The molecule has 1 aromatic heterocycles. The number of nitrogens with zero attached hydrogens (tertiary/aromatic N) is 2. The second kappa shape index (κ2) is 14.0. The lowest BCUT2D eigenvalue weighted by atomic mass is 9.98. The molecule has 4 rings (SSSR count). The van der Waals surface area contributed by atoms with E-state index in [0.717, 1.165) is 24.1 Å². The predicted molar refractivity (Wildman–Crippen MR) is 172 cm³/mol. The topological polar surface area (TPSA) is 170 Å². The zero-order chi connectivity index (χ0) is 36.3. The van der Waals surface area contributed by atoms with Crippen LogP contribution in [0.15, 0.2) is 71.8 Å². The molecule has 1 unspecified atom stereocenters. The number of methoxy groups -OCH3 is 1. The summed E-state index contributed by atoms with van der Waals surface area (Å²) in [5.41, 5.74) is 2.22. The first-order valence-electron chi connectivity index (χ1n) is 14.4. The number of esters is 1. The Balaban J connectivity index is 1.95. The maximum Gasteiger partial charge on any atom is 0.491 e. The second-order valence-electron chi connectivity index (χ2n) is 10.7. The normalized spacial score (nSPS) is 12.9. The summed E-state index contributed by atoms with van der Waals surface area (Å²) >= 11 is 0. The van der Waals surface area contributed by atoms with Crippen molar-refractivity contribution in [3.63, 3.8) is 0 Å². The molecule has 0 spiro atoms. The number of rotatable bonds is 11. The highest BCUT2D eigenvalue weighted by atomic mass is 32.2. The van der Waals surface area contributed by atoms with E-state index < -0.39 is 51.9 Å². The molecule has 2 amide bonds. The van der Waals surface area contributed by atoms with Gasteiger partial charge in [0, 0.05) is 43.7 Å². The Hall–Kier alpha value is -5.45. The van der Waals surface area contributed by atoms with Gasteiger partial charge in [0.05, 0.1) is 23.1 Å². The Morgan fingerprint density at radius 3 is 2.37 bits per heavy atom. The minimum Gasteiger partial charge on any atom is -0.497 e. The van der Waals surface area contributed by atoms with Crippen LogP contribution >= 0.6 is 0 Å². The Morgan fingerprint density at radius 2 is 1.73 bits per heavy atom. The van der Waals surface area contributed by atoms with E-state index in [1.54, 1.807) is 0 Å². The number of pyridine rings is 1. The number of anilines is 3. The van der Waals surface area contributed by atoms with E-state index in [2.05, 4.69) is 15.6 Å². The number of carbonyl (C=O) groups is 3. The van der Waals surface area contributed by atoms with Crippen molar-refractivity contribution in [2.24, 2.45) is 0 Å². The van der Waals surface area contributed by atoms with E-state index in [4.69, 9.17) is 15.2 Å². The lowest BCUT2D eigenvalue weighted by molar-refractivity contribution is -0.215. The van der Waals surface area contributed by atoms with Crippen molar-refractivity contribution in [3.8, 4) is 5.75 Å². The van der Waals surface area contributed by atoms with Gasteiger partial charge in [-0.25, -0.2) is 22.6 Å². The summed E-state index contributed by atoms with van der Waals surface area (Å²) in [4.78, 5) is 43.3. The number of benzene rings is 3. The molecule has 0 aliphatic heterocycles. The standard InChI is InChI=1S/C32H31F4N5O7S/c1-5-49(45,46)26-10-9-22(39-18(2)42)14-20(26)17-41(3)29(43)31(48-30(44)32(34,35)36,21-7-6-8-24(15-21)47-4)40-23-13-19-11-12-38-28(37)27(19)25(33)16-23/h6-16,40H,5,17H2,1-4H3,(H2,37,38)(H,39,42). The number of fused-ring (bicyclic) bond motifs is 1. The molecule has 0 aliphatic rings. The van der Waals surface area contributed by atoms with Crippen molar-refractivity contribution in [3.05, 3.63) is 83.8 Å². The first-order valence-corrected chi connectivity index (χ1v) is 16.0. The Bertz CT molecular complexity index is 2040. The number of amides is 2. The molecule has 1 atom stereocenters. The monoisotopic (exact) mass is 705 g/mol. The molecular weight excluding hydrogens is 674 g/mol. The van der Waals surface area contributed by atoms with Gasteiger partial charge in [0.25, 0.3) is 11.6 Å². The predicted octanol–water partition coefficient (Wildman–Crippen LogP) is 4.75. The molecule has 0 saturated carbocycles. The van der Waals surface area contributed by atoms with Gasteiger partial charge < -0.3 is 30.7 Å². The highest BCUT2D eigenvalue weighted by molar-refractivity contribution is 7.91. The molecule has 12 nitrogen and oxygen atoms in total. The van der Waals surface area contributed by atoms with Crippen molar-refractivity contribution < 1.29 is 49.8 Å². The zero-order valence-electron chi connectivity index (χ0n) is 26.5. The number of likely N-dealkylation sites (N-methyl/N-ethyl adjacent to an activating group) is 1. The third-order valence-corrected chi connectivity index (χ3v) is 9.10. The van der Waals surface area contributed by atoms with Gasteiger partial charge in [0.1, 0.15) is 17.4 Å². The molecule has 0 radical (unpaired) electrons. The van der Waals surface area contributed by atoms with Crippen LogP contribution in [0.5, 0.6) is 5.75 Å². The van der Waals surface area contributed by atoms with Crippen LogP contribution in [0, 0.1) is 5.82 Å². The first-order chi connectivity index (χ1) is 22.9. The molecule has 4 aromatic rings. The van der Waals surface area contributed by atoms with Gasteiger partial charge in [-0.2, -0.15) is 13.2 Å². The van der Waals surface area contributed by atoms with Crippen LogP contribution in [0.1, 0.15) is 25.0 Å². The largest absolute Gasteiger partial charge is 0.497 e. The SMILES string of the molecule is CCS(=O)(=O)c1ccc(NC(C)=O)cc1CN(C)C(=O)C(Nc1cc(F)c2c(N)nccc2c1)(OC(=O)C(F)(F)F)c1cccc(OC)c1. The number of alkyl halides is 3. The highest BCUT2D eigenvalue weighted by Gasteiger charge is 2.53. The number of nitrogens with two attached hydrogens (primary N) is 1. The lowest BCUT2D eigenvalue weighted by Crippen LogP contribution is -2.54. The number of carbonyl (C=O) groups excluding carboxylic acids is 3. The number of nitrogen functional groups attached to an aromatic ring is 1. The molecule has 4 N–H and O–H groups in total. The summed E-state index contributed by atoms with van der Waals surface area (Å²) in [6, 6.07) is 12.3. The smallest absolute Gasteiger partial charge is 0.491 e. The number of hydrogen-bond acceptors (Lipinski definition) is 10. The minimum absolute atomic E-state index is 0.0228. The van der Waals surface area contributed by atoms with Crippen LogP contribution in [0.2, 0.25) is 0 Å². The lowest BCUT2D eigenvalue weighted by Gasteiger charge is -2.37. The fraction of sp³-hybridized carbons (Fsp3) is 0.250. The summed E-state index contributed by atoms with van der Waals surface area (Å²) < 4.78 is 93.1. The summed E-state index contributed by atoms with van der Waals surface area (Å²) in [6.07, 6.45) is -4.34. The van der Waals surface area contributed by atoms with Crippen molar-refractivity contribution in [1.29, 1.82) is 0 Å². The van der Waals surface area contributed by atoms with Crippen LogP contribution in [-0.4, -0.2) is 62.2 Å². The minimum atomic E-state index is -5.60. The van der Waals surface area contributed by atoms with Gasteiger partial charge in [-0.3, -0.25) is 9.59 Å². The Kier molecular flexibility index (Phi) is 10.4. The first kappa shape index (κ1) is 36.4. The molecular formula is C32H31F4N5O7S. The molecule has 1 heterocycles. The number of hydrogen-bond donors (Lipinski definition) is 3. The fourth-order valence-electron chi connectivity index (χ4n) is 5.02. The van der Waals surface area contributed by atoms with Crippen LogP contribution in [0.4, 0.5) is 34.8 Å². The fourth-order valence-corrected chi connectivity index (χ4v) is 6.13. The summed E-state index contributed by atoms with van der Waals surface area (Å²) in [5.74, 6) is -6.04. The van der Waals surface area contributed by atoms with Gasteiger partial charge in [0.2, 0.25) is 5.91 Å². The van der Waals surface area contributed by atoms with Gasteiger partial charge in [0.15, 0.2) is 9.84 Å². The molecule has 0 fully saturated rings. The van der Waals surface area contributed by atoms with Crippen molar-refractivity contribution in [2.45, 2.75) is 37.2 Å². The third kappa shape index (κ3) is 7.83. The van der Waals surface area contributed by atoms with E-state index >= 15 is 4.39 Å². The van der Waals surface area contributed by atoms with Crippen molar-refractivity contribution in [2.75, 3.05) is 36.3 Å². The van der Waals surface area contributed by atoms with Crippen molar-refractivity contribution in [1.82, 2.24) is 9.88 Å². The average molecular weight is 706 g/mol. The maximum absolute atomic E-state index is 15.4. The third-order valence-electron chi connectivity index (χ3n) is 7.27. The number of sulfone groups is 1. The number of ether oxygens (including phenoxy) is 2. The second-order valence-corrected chi connectivity index (χ2v) is 13.0. The van der Waals surface area contributed by atoms with E-state index in [1.807, 2.05) is 0 Å². The molecule has 0 aliphatic carbocycles. The summed E-state index contributed by atoms with van der Waals surface area (Å²) in [5, 5.41) is 5.04. The van der Waals surface area contributed by atoms with E-state index in [1.165, 1.54) is 75.7 Å². The number of aromatic nitrogens is 1. The van der Waals surface area contributed by atoms with Gasteiger partial charge in [-0.05, 0) is 59.5 Å². The summed E-state index contributed by atoms with van der Waals surface area (Å²) in [6.45, 7) is 2.03. The maximum atomic E-state index is 15.4. The Morgan fingerprint density at radius 1 is 1.02 bits per heavy atom. The van der Waals surface area contributed by atoms with Crippen LogP contribution in [0.3, 0.4) is 0 Å². The van der Waals surface area contributed by atoms with Crippen LogP contribution < -0.4 is 21.1 Å². The van der Waals surface area contributed by atoms with Gasteiger partial charge in [-0.1, -0.05) is 19.1 Å².